The molecule has 4 aromatic rings. The Balaban J connectivity index is 1.71. The fourth-order valence-corrected chi connectivity index (χ4v) is 4.17. The molecule has 1 amide bonds. The Kier molecular flexibility index (Phi) is 6.42. The van der Waals surface area contributed by atoms with Gasteiger partial charge in [0.2, 0.25) is 5.91 Å². The number of nitrogens with zero attached hydrogens (tertiary/aromatic N) is 1. The number of nitrogens with one attached hydrogen (secondary N) is 1. The number of aromatic nitrogens is 1. The average molecular weight is 491 g/mol. The van der Waals surface area contributed by atoms with Gasteiger partial charge in [0, 0.05) is 51.6 Å². The van der Waals surface area contributed by atoms with Gasteiger partial charge in [-0.25, -0.2) is 0 Å². The zero-order chi connectivity index (χ0) is 22.7. The van der Waals surface area contributed by atoms with Gasteiger partial charge in [-0.15, -0.1) is 0 Å². The van der Waals surface area contributed by atoms with Crippen molar-refractivity contribution < 1.29 is 13.9 Å². The normalized spacial score (nSPS) is 11.6. The van der Waals surface area contributed by atoms with Gasteiger partial charge in [-0.05, 0) is 54.8 Å². The van der Waals surface area contributed by atoms with Gasteiger partial charge in [0.05, 0.1) is 13.4 Å². The second-order valence-corrected chi connectivity index (χ2v) is 8.44. The van der Waals surface area contributed by atoms with Gasteiger partial charge in [0.1, 0.15) is 11.3 Å². The van der Waals surface area contributed by atoms with Crippen molar-refractivity contribution in [1.82, 2.24) is 10.3 Å². The third-order valence-electron chi connectivity index (χ3n) is 5.35. The number of hydrogen-bond acceptors (Lipinski definition) is 4. The summed E-state index contributed by atoms with van der Waals surface area (Å²) in [4.78, 5) is 16.6. The van der Waals surface area contributed by atoms with E-state index in [1.807, 2.05) is 50.2 Å². The molecule has 1 N–H and O–H groups in total. The summed E-state index contributed by atoms with van der Waals surface area (Å²) in [6, 6.07) is 13.9. The van der Waals surface area contributed by atoms with Crippen LogP contribution in [0.1, 0.15) is 23.6 Å². The predicted molar refractivity (Wildman–Crippen MR) is 130 cm³/mol. The lowest BCUT2D eigenvalue weighted by Gasteiger charge is -2.13. The second-order valence-electron chi connectivity index (χ2n) is 7.53. The maximum atomic E-state index is 12.6. The van der Waals surface area contributed by atoms with Gasteiger partial charge in [0.25, 0.3) is 0 Å². The van der Waals surface area contributed by atoms with E-state index in [-0.39, 0.29) is 5.91 Å². The second kappa shape index (κ2) is 9.40. The molecule has 0 atom stereocenters. The number of ether oxygens (including phenoxy) is 1. The lowest BCUT2D eigenvalue weighted by atomic mass is 9.96. The minimum Gasteiger partial charge on any atom is -0.496 e. The molecule has 0 aliphatic rings. The highest BCUT2D eigenvalue weighted by Gasteiger charge is 2.19. The van der Waals surface area contributed by atoms with Crippen LogP contribution in [0.3, 0.4) is 0 Å². The minimum atomic E-state index is -0.175. The van der Waals surface area contributed by atoms with Crippen LogP contribution in [0.15, 0.2) is 76.1 Å². The SMILES string of the molecule is COc1c(/C(C)=C/C(=O)NCc2cccnc2)cc2c(-c3cccc(Br)c3)coc2c1C. The number of hydrogen-bond donors (Lipinski definition) is 1. The number of furan rings is 1. The van der Waals surface area contributed by atoms with Crippen molar-refractivity contribution in [2.24, 2.45) is 0 Å². The molecular weight excluding hydrogens is 468 g/mol. The summed E-state index contributed by atoms with van der Waals surface area (Å²) in [7, 11) is 1.63. The van der Waals surface area contributed by atoms with Crippen molar-refractivity contribution in [3.8, 4) is 16.9 Å². The third-order valence-corrected chi connectivity index (χ3v) is 5.84. The van der Waals surface area contributed by atoms with Crippen LogP contribution in [-0.4, -0.2) is 18.0 Å². The Bertz CT molecular complexity index is 1310. The highest BCUT2D eigenvalue weighted by Crippen LogP contribution is 2.40. The van der Waals surface area contributed by atoms with Gasteiger partial charge in [-0.2, -0.15) is 0 Å². The molecule has 162 valence electrons. The van der Waals surface area contributed by atoms with Crippen LogP contribution in [0.2, 0.25) is 0 Å². The van der Waals surface area contributed by atoms with Gasteiger partial charge in [0.15, 0.2) is 0 Å². The zero-order valence-electron chi connectivity index (χ0n) is 18.1. The van der Waals surface area contributed by atoms with E-state index in [2.05, 4.69) is 32.3 Å². The van der Waals surface area contributed by atoms with Crippen LogP contribution >= 0.6 is 15.9 Å². The number of halogens is 1. The molecule has 2 aromatic carbocycles. The van der Waals surface area contributed by atoms with Crippen LogP contribution in [0.4, 0.5) is 0 Å². The Morgan fingerprint density at radius 3 is 2.81 bits per heavy atom. The zero-order valence-corrected chi connectivity index (χ0v) is 19.7. The van der Waals surface area contributed by atoms with Crippen molar-refractivity contribution >= 4 is 38.4 Å². The summed E-state index contributed by atoms with van der Waals surface area (Å²) < 4.78 is 12.6. The smallest absolute Gasteiger partial charge is 0.244 e. The number of benzene rings is 2. The van der Waals surface area contributed by atoms with E-state index in [4.69, 9.17) is 9.15 Å². The van der Waals surface area contributed by atoms with E-state index in [0.717, 1.165) is 48.8 Å². The van der Waals surface area contributed by atoms with Crippen LogP contribution in [0.5, 0.6) is 5.75 Å². The molecule has 0 aliphatic heterocycles. The Morgan fingerprint density at radius 1 is 1.25 bits per heavy atom. The lowest BCUT2D eigenvalue weighted by molar-refractivity contribution is -0.116. The molecule has 2 heterocycles. The fourth-order valence-electron chi connectivity index (χ4n) is 3.77. The van der Waals surface area contributed by atoms with Gasteiger partial charge in [-0.3, -0.25) is 9.78 Å². The summed E-state index contributed by atoms with van der Waals surface area (Å²) in [5, 5.41) is 3.88. The van der Waals surface area contributed by atoms with E-state index in [1.165, 1.54) is 0 Å². The molecule has 0 fully saturated rings. The summed E-state index contributed by atoms with van der Waals surface area (Å²) in [6.45, 7) is 4.29. The quantitative estimate of drug-likeness (QED) is 0.322. The number of carbonyl (C=O) groups excluding carboxylic acids is 1. The fraction of sp³-hybridized carbons (Fsp3) is 0.154. The minimum absolute atomic E-state index is 0.175. The average Bonchev–Trinajstić information content (AvgIpc) is 3.23. The van der Waals surface area contributed by atoms with E-state index in [1.54, 1.807) is 31.8 Å². The number of allylic oxidation sites excluding steroid dienone is 1. The van der Waals surface area contributed by atoms with Crippen LogP contribution in [0, 0.1) is 6.92 Å². The Hall–Kier alpha value is -3.38. The van der Waals surface area contributed by atoms with E-state index in [9.17, 15) is 4.79 Å². The van der Waals surface area contributed by atoms with Crippen LogP contribution in [0.25, 0.3) is 27.7 Å². The summed E-state index contributed by atoms with van der Waals surface area (Å²) in [5.41, 5.74) is 6.30. The first-order valence-corrected chi connectivity index (χ1v) is 11.0. The molecule has 5 nitrogen and oxygen atoms in total. The topological polar surface area (TPSA) is 64.4 Å². The molecule has 0 saturated heterocycles. The van der Waals surface area contributed by atoms with E-state index >= 15 is 0 Å². The maximum absolute atomic E-state index is 12.6. The summed E-state index contributed by atoms with van der Waals surface area (Å²) >= 11 is 3.54. The maximum Gasteiger partial charge on any atom is 0.244 e. The molecule has 0 unspecified atom stereocenters. The molecule has 0 aliphatic carbocycles. The van der Waals surface area contributed by atoms with Crippen molar-refractivity contribution in [1.29, 1.82) is 0 Å². The molecule has 0 bridgehead atoms. The molecule has 6 heteroatoms. The monoisotopic (exact) mass is 490 g/mol. The number of fused-ring (bicyclic) bond motifs is 1. The molecule has 4 rings (SSSR count). The van der Waals surface area contributed by atoms with Crippen molar-refractivity contribution in [3.05, 3.63) is 88.4 Å². The molecular formula is C26H23BrN2O3. The van der Waals surface area contributed by atoms with Gasteiger partial charge in [-0.1, -0.05) is 34.1 Å². The molecule has 2 aromatic heterocycles. The standard InChI is InChI=1S/C26H23BrN2O3/c1-16(10-24(30)29-14-18-6-5-9-28-13-18)21-12-22-23(19-7-4-8-20(27)11-19)15-32-26(22)17(2)25(21)31-3/h4-13,15H,14H2,1-3H3,(H,29,30)/b16-10+. The third kappa shape index (κ3) is 4.46. The van der Waals surface area contributed by atoms with Crippen molar-refractivity contribution in [2.75, 3.05) is 7.11 Å². The number of aryl methyl sites for hydroxylation is 1. The summed E-state index contributed by atoms with van der Waals surface area (Å²) in [5.74, 6) is 0.520. The number of pyridine rings is 1. The number of carbonyl (C=O) groups is 1. The highest BCUT2D eigenvalue weighted by atomic mass is 79.9. The number of amides is 1. The van der Waals surface area contributed by atoms with Crippen LogP contribution in [-0.2, 0) is 11.3 Å². The Morgan fingerprint density at radius 2 is 2.09 bits per heavy atom. The van der Waals surface area contributed by atoms with Crippen molar-refractivity contribution in [3.63, 3.8) is 0 Å². The number of methoxy groups -OCH3 is 1. The van der Waals surface area contributed by atoms with Crippen molar-refractivity contribution in [2.45, 2.75) is 20.4 Å². The van der Waals surface area contributed by atoms with E-state index in [0.29, 0.717) is 12.3 Å². The first-order chi connectivity index (χ1) is 15.5. The van der Waals surface area contributed by atoms with Gasteiger partial charge < -0.3 is 14.5 Å². The molecule has 0 radical (unpaired) electrons. The van der Waals surface area contributed by atoms with E-state index < -0.39 is 0 Å². The molecule has 0 spiro atoms. The first-order valence-electron chi connectivity index (χ1n) is 10.2. The van der Waals surface area contributed by atoms with Crippen LogP contribution < -0.4 is 10.1 Å². The van der Waals surface area contributed by atoms with Gasteiger partial charge >= 0.3 is 0 Å². The number of rotatable bonds is 6. The Labute approximate surface area is 195 Å². The highest BCUT2D eigenvalue weighted by molar-refractivity contribution is 9.10. The largest absolute Gasteiger partial charge is 0.496 e. The summed E-state index contributed by atoms with van der Waals surface area (Å²) in [6.07, 6.45) is 6.80. The molecule has 0 saturated carbocycles. The predicted octanol–water partition coefficient (Wildman–Crippen LogP) is 6.29. The first kappa shape index (κ1) is 21.8. The molecule has 32 heavy (non-hydrogen) atoms. The lowest BCUT2D eigenvalue weighted by Crippen LogP contribution is -2.20.